The Balaban J connectivity index is 1.17. The lowest BCUT2D eigenvalue weighted by Gasteiger charge is -2.41. The van der Waals surface area contributed by atoms with E-state index in [0.29, 0.717) is 0 Å². The molecule has 8 aromatic carbocycles. The van der Waals surface area contributed by atoms with Crippen LogP contribution in [0.2, 0.25) is 0 Å². The van der Waals surface area contributed by atoms with Crippen LogP contribution < -0.4 is 40.9 Å². The summed E-state index contributed by atoms with van der Waals surface area (Å²) in [6, 6.07) is 80.6. The molecule has 0 fully saturated rings. The average molecular weight is 793 g/mol. The summed E-state index contributed by atoms with van der Waals surface area (Å²) < 4.78 is 5.27. The molecule has 0 radical (unpaired) electrons. The fraction of sp³-hybridized carbons (Fsp3) is 0.0769. The summed E-state index contributed by atoms with van der Waals surface area (Å²) in [5.74, 6) is 0. The molecule has 0 aliphatic carbocycles. The van der Waals surface area contributed by atoms with Gasteiger partial charge in [0.2, 0.25) is 0 Å². The van der Waals surface area contributed by atoms with Crippen molar-refractivity contribution in [3.8, 4) is 0 Å². The van der Waals surface area contributed by atoms with Gasteiger partial charge in [0, 0.05) is 50.2 Å². The lowest BCUT2D eigenvalue weighted by molar-refractivity contribution is 1.16. The van der Waals surface area contributed by atoms with Crippen molar-refractivity contribution in [1.29, 1.82) is 0 Å². The first kappa shape index (κ1) is 38.5. The molecule has 8 rings (SSSR count). The zero-order valence-electron chi connectivity index (χ0n) is 32.7. The Morgan fingerprint density at radius 3 is 0.912 bits per heavy atom. The van der Waals surface area contributed by atoms with E-state index in [1.54, 1.807) is 0 Å². The van der Waals surface area contributed by atoms with Gasteiger partial charge in [-0.2, -0.15) is 0 Å². The summed E-state index contributed by atoms with van der Waals surface area (Å²) in [4.78, 5) is 0. The summed E-state index contributed by atoms with van der Waals surface area (Å²) in [6.07, 6.45) is 0.871. The van der Waals surface area contributed by atoms with E-state index in [9.17, 15) is 0 Å². The summed E-state index contributed by atoms with van der Waals surface area (Å²) in [5.41, 5.74) is 7.77. The van der Waals surface area contributed by atoms with Crippen LogP contribution in [0.4, 0.5) is 11.4 Å². The van der Waals surface area contributed by atoms with Crippen LogP contribution in [0.1, 0.15) is 22.3 Å². The van der Waals surface area contributed by atoms with Crippen LogP contribution in [0, 0.1) is 13.8 Å². The van der Waals surface area contributed by atoms with E-state index in [1.165, 1.54) is 65.5 Å². The highest BCUT2D eigenvalue weighted by Gasteiger charge is 2.33. The van der Waals surface area contributed by atoms with Crippen molar-refractivity contribution in [2.45, 2.75) is 20.3 Å². The zero-order valence-corrected chi connectivity index (χ0v) is 35.4. The topological polar surface area (TPSA) is 6.48 Å². The van der Waals surface area contributed by atoms with Crippen molar-refractivity contribution in [1.82, 2.24) is 0 Å². The van der Waals surface area contributed by atoms with Gasteiger partial charge in [-0.15, -0.1) is 0 Å². The monoisotopic (exact) mass is 792 g/mol. The maximum atomic E-state index is 2.78. The first-order chi connectivity index (χ1) is 28.0. The van der Waals surface area contributed by atoms with E-state index in [1.807, 2.05) is 0 Å². The Labute approximate surface area is 342 Å². The molecule has 0 saturated heterocycles. The van der Waals surface area contributed by atoms with Crippen molar-refractivity contribution < 1.29 is 0 Å². The van der Waals surface area contributed by atoms with Gasteiger partial charge in [0.1, 0.15) is 0 Å². The number of aryl methyl sites for hydroxylation is 2. The van der Waals surface area contributed by atoms with Crippen molar-refractivity contribution in [2.24, 2.45) is 0 Å². The number of rotatable bonds is 13. The van der Waals surface area contributed by atoms with E-state index in [-0.39, 0.29) is 0 Å². The molecule has 0 N–H and O–H groups in total. The largest absolute Gasteiger partial charge is 0.346 e. The summed E-state index contributed by atoms with van der Waals surface area (Å²) >= 11 is 0. The van der Waals surface area contributed by atoms with E-state index < -0.39 is 24.2 Å². The van der Waals surface area contributed by atoms with Gasteiger partial charge in [-0.05, 0) is 54.7 Å². The normalized spacial score (nSPS) is 11.3. The second-order valence-corrected chi connectivity index (χ2v) is 20.9. The highest BCUT2D eigenvalue weighted by atomic mass is 31.2. The molecule has 0 saturated carbocycles. The smallest absolute Gasteiger partial charge is 0.0590 e. The van der Waals surface area contributed by atoms with Gasteiger partial charge in [0.25, 0.3) is 0 Å². The summed E-state index contributed by atoms with van der Waals surface area (Å²) in [6.45, 7) is 4.56. The number of hydrogen-bond donors (Lipinski definition) is 0. The molecular formula is C52H47N2P3. The van der Waals surface area contributed by atoms with Crippen molar-refractivity contribution in [3.05, 3.63) is 241 Å². The predicted molar refractivity (Wildman–Crippen MR) is 253 cm³/mol. The molecule has 0 heterocycles. The Kier molecular flexibility index (Phi) is 12.4. The summed E-state index contributed by atoms with van der Waals surface area (Å²) in [5, 5.41) is 8.05. The van der Waals surface area contributed by atoms with Crippen molar-refractivity contribution in [2.75, 3.05) is 16.2 Å². The zero-order chi connectivity index (χ0) is 39.0. The Morgan fingerprint density at radius 2 is 0.614 bits per heavy atom. The van der Waals surface area contributed by atoms with Gasteiger partial charge in [0.15, 0.2) is 0 Å². The van der Waals surface area contributed by atoms with Crippen LogP contribution in [0.15, 0.2) is 218 Å². The van der Waals surface area contributed by atoms with Crippen LogP contribution in [0.25, 0.3) is 0 Å². The van der Waals surface area contributed by atoms with E-state index >= 15 is 0 Å². The molecule has 0 aromatic heterocycles. The van der Waals surface area contributed by atoms with Gasteiger partial charge in [-0.1, -0.05) is 206 Å². The molecule has 57 heavy (non-hydrogen) atoms. The molecule has 5 heteroatoms. The third kappa shape index (κ3) is 8.81. The number of anilines is 2. The summed E-state index contributed by atoms with van der Waals surface area (Å²) in [7, 11) is -0.364. The molecule has 0 amide bonds. The quantitative estimate of drug-likeness (QED) is 0.107. The Morgan fingerprint density at radius 1 is 0.333 bits per heavy atom. The Hall–Kier alpha value is -5.35. The van der Waals surface area contributed by atoms with E-state index in [0.717, 1.165) is 6.42 Å². The van der Waals surface area contributed by atoms with Crippen LogP contribution in [0.3, 0.4) is 0 Å². The molecular weight excluding hydrogens is 746 g/mol. The third-order valence-electron chi connectivity index (χ3n) is 10.2. The van der Waals surface area contributed by atoms with Crippen molar-refractivity contribution >= 4 is 67.4 Å². The van der Waals surface area contributed by atoms with Gasteiger partial charge < -0.3 is 9.11 Å². The van der Waals surface area contributed by atoms with Crippen LogP contribution in [-0.4, -0.2) is 7.05 Å². The molecule has 280 valence electrons. The first-order valence-electron chi connectivity index (χ1n) is 19.5. The lowest BCUT2D eigenvalue weighted by Crippen LogP contribution is -2.32. The maximum Gasteiger partial charge on any atom is 0.0590 e. The second-order valence-electron chi connectivity index (χ2n) is 14.2. The minimum absolute atomic E-state index is 0.724. The van der Waals surface area contributed by atoms with Gasteiger partial charge in [-0.25, -0.2) is 0 Å². The van der Waals surface area contributed by atoms with Crippen molar-refractivity contribution in [3.63, 3.8) is 0 Å². The molecule has 0 bridgehead atoms. The molecule has 0 unspecified atom stereocenters. The van der Waals surface area contributed by atoms with Gasteiger partial charge >= 0.3 is 0 Å². The molecule has 0 aliphatic heterocycles. The standard InChI is InChI=1S/C52H47N2P3/c1-41-38-43(34-36-51(41)53(3)55(45-22-10-4-11-23-45)46-24-12-5-13-25-46)40-44-35-37-52(42(2)39-44)54(56(47-26-14-6-15-27-47)48-28-16-7-17-29-48)57(49-30-18-8-19-31-49)50-32-20-9-21-33-50/h4-39H,40H2,1-3H3. The highest BCUT2D eigenvalue weighted by molar-refractivity contribution is 7.90. The molecule has 2 nitrogen and oxygen atoms in total. The second kappa shape index (κ2) is 18.3. The maximum absolute atomic E-state index is 2.78. The van der Waals surface area contributed by atoms with Gasteiger partial charge in [-0.3, -0.25) is 0 Å². The van der Waals surface area contributed by atoms with Crippen LogP contribution >= 0.6 is 24.2 Å². The average Bonchev–Trinajstić information content (AvgIpc) is 3.26. The number of benzene rings is 8. The van der Waals surface area contributed by atoms with Crippen LogP contribution in [0.5, 0.6) is 0 Å². The fourth-order valence-corrected chi connectivity index (χ4v) is 16.0. The Bertz CT molecular complexity index is 2280. The highest BCUT2D eigenvalue weighted by Crippen LogP contribution is 2.57. The van der Waals surface area contributed by atoms with Crippen LogP contribution in [-0.2, 0) is 6.42 Å². The lowest BCUT2D eigenvalue weighted by atomic mass is 10.0. The number of nitrogens with zero attached hydrogens (tertiary/aromatic N) is 2. The molecule has 0 atom stereocenters. The minimum Gasteiger partial charge on any atom is -0.346 e. The van der Waals surface area contributed by atoms with E-state index in [2.05, 4.69) is 248 Å². The third-order valence-corrected chi connectivity index (χ3v) is 18.0. The van der Waals surface area contributed by atoms with E-state index in [4.69, 9.17) is 0 Å². The number of hydrogen-bond acceptors (Lipinski definition) is 2. The van der Waals surface area contributed by atoms with Gasteiger partial charge in [0.05, 0.1) is 24.2 Å². The molecule has 8 aromatic rings. The molecule has 0 aliphatic rings. The minimum atomic E-state index is -0.946. The SMILES string of the molecule is Cc1cc(Cc2ccc(N(P(c3ccccc3)c3ccccc3)P(c3ccccc3)c3ccccc3)c(C)c2)ccc1N(C)P(c1ccccc1)c1ccccc1. The first-order valence-corrected chi connectivity index (χ1v) is 23.4. The predicted octanol–water partition coefficient (Wildman–Crippen LogP) is 11.3. The molecule has 0 spiro atoms. The fourth-order valence-electron chi connectivity index (χ4n) is 7.54.